The van der Waals surface area contributed by atoms with Gasteiger partial charge >= 0.3 is 5.69 Å². The molecule has 4 rings (SSSR count). The summed E-state index contributed by atoms with van der Waals surface area (Å²) in [5.41, 5.74) is 3.48. The molecule has 8 heteroatoms. The first-order valence-corrected chi connectivity index (χ1v) is 10.6. The van der Waals surface area contributed by atoms with Gasteiger partial charge in [-0.1, -0.05) is 13.0 Å². The predicted octanol–water partition coefficient (Wildman–Crippen LogP) is 2.05. The molecule has 3 aromatic rings. The molecule has 0 aliphatic carbocycles. The molecular weight excluding hydrogens is 380 g/mol. The maximum absolute atomic E-state index is 12.2. The number of aryl methyl sites for hydroxylation is 2. The monoisotopic (exact) mass is 410 g/mol. The van der Waals surface area contributed by atoms with Gasteiger partial charge in [-0.05, 0) is 43.4 Å². The van der Waals surface area contributed by atoms with E-state index in [1.165, 1.54) is 0 Å². The first kappa shape index (κ1) is 20.4. The number of benzene rings is 1. The first-order valence-electron chi connectivity index (χ1n) is 10.6. The summed E-state index contributed by atoms with van der Waals surface area (Å²) in [4.78, 5) is 34.2. The Morgan fingerprint density at radius 2 is 1.83 bits per heavy atom. The molecule has 8 nitrogen and oxygen atoms in total. The number of aromatic amines is 1. The van der Waals surface area contributed by atoms with Crippen LogP contribution in [0.4, 0.5) is 5.95 Å². The lowest BCUT2D eigenvalue weighted by molar-refractivity contribution is 0.433. The van der Waals surface area contributed by atoms with Gasteiger partial charge in [0, 0.05) is 45.8 Å². The van der Waals surface area contributed by atoms with Crippen molar-refractivity contribution in [2.75, 3.05) is 18.0 Å². The number of anilines is 1. The number of H-pyrrole nitrogens is 1. The minimum atomic E-state index is -0.122. The van der Waals surface area contributed by atoms with Crippen LogP contribution >= 0.6 is 0 Å². The van der Waals surface area contributed by atoms with Crippen molar-refractivity contribution in [1.82, 2.24) is 24.4 Å². The molecule has 0 amide bonds. The Balaban J connectivity index is 1.49. The molecule has 0 saturated carbocycles. The third-order valence-electron chi connectivity index (χ3n) is 6.22. The van der Waals surface area contributed by atoms with E-state index in [9.17, 15) is 9.59 Å². The topological polar surface area (TPSA) is 87.9 Å². The summed E-state index contributed by atoms with van der Waals surface area (Å²) < 4.78 is 3.31. The number of nitrogens with zero attached hydrogens (tertiary/aromatic N) is 4. The fourth-order valence-electron chi connectivity index (χ4n) is 4.09. The molecule has 1 saturated heterocycles. The number of hydrogen-bond acceptors (Lipinski definition) is 5. The SMILES string of the molecule is CC1CCN(c2nc(C(C)NCc3ccc4c(c3)n(C)c(=O)n4C)cc(=O)[nH]2)CC1. The van der Waals surface area contributed by atoms with Crippen LogP contribution < -0.4 is 21.5 Å². The number of aromatic nitrogens is 4. The van der Waals surface area contributed by atoms with Crippen molar-refractivity contribution in [3.63, 3.8) is 0 Å². The van der Waals surface area contributed by atoms with Gasteiger partial charge in [-0.25, -0.2) is 9.78 Å². The molecule has 0 radical (unpaired) electrons. The second-order valence-electron chi connectivity index (χ2n) is 8.49. The van der Waals surface area contributed by atoms with E-state index >= 15 is 0 Å². The van der Waals surface area contributed by atoms with Crippen LogP contribution in [-0.2, 0) is 20.6 Å². The van der Waals surface area contributed by atoms with Crippen molar-refractivity contribution in [3.8, 4) is 0 Å². The minimum absolute atomic E-state index is 0.0316. The molecule has 2 aromatic heterocycles. The van der Waals surface area contributed by atoms with E-state index in [4.69, 9.17) is 4.98 Å². The van der Waals surface area contributed by atoms with Crippen molar-refractivity contribution in [1.29, 1.82) is 0 Å². The first-order chi connectivity index (χ1) is 14.3. The van der Waals surface area contributed by atoms with Gasteiger partial charge in [0.05, 0.1) is 16.7 Å². The van der Waals surface area contributed by atoms with Crippen LogP contribution in [0.3, 0.4) is 0 Å². The highest BCUT2D eigenvalue weighted by Gasteiger charge is 2.19. The van der Waals surface area contributed by atoms with E-state index in [-0.39, 0.29) is 17.3 Å². The van der Waals surface area contributed by atoms with Crippen LogP contribution in [0.25, 0.3) is 11.0 Å². The van der Waals surface area contributed by atoms with Gasteiger partial charge in [0.1, 0.15) is 0 Å². The Kier molecular flexibility index (Phi) is 5.51. The predicted molar refractivity (Wildman–Crippen MR) is 119 cm³/mol. The zero-order valence-electron chi connectivity index (χ0n) is 18.1. The molecule has 1 fully saturated rings. The van der Waals surface area contributed by atoms with E-state index in [0.29, 0.717) is 12.5 Å². The maximum atomic E-state index is 12.2. The number of rotatable bonds is 5. The Morgan fingerprint density at radius 1 is 1.13 bits per heavy atom. The quantitative estimate of drug-likeness (QED) is 0.672. The number of hydrogen-bond donors (Lipinski definition) is 2. The standard InChI is InChI=1S/C22H30N6O2/c1-14-7-9-28(10-8-14)21-24-17(12-20(29)25-21)15(2)23-13-16-5-6-18-19(11-16)27(4)22(30)26(18)3/h5-6,11-12,14-15,23H,7-10,13H2,1-4H3,(H,24,25,29). The summed E-state index contributed by atoms with van der Waals surface area (Å²) in [5.74, 6) is 1.39. The largest absolute Gasteiger partial charge is 0.342 e. The highest BCUT2D eigenvalue weighted by molar-refractivity contribution is 5.76. The van der Waals surface area contributed by atoms with Crippen LogP contribution in [0.2, 0.25) is 0 Å². The molecule has 1 aliphatic heterocycles. The molecule has 3 heterocycles. The lowest BCUT2D eigenvalue weighted by Crippen LogP contribution is -2.35. The van der Waals surface area contributed by atoms with Crippen molar-refractivity contribution < 1.29 is 0 Å². The molecule has 30 heavy (non-hydrogen) atoms. The van der Waals surface area contributed by atoms with Gasteiger partial charge in [0.2, 0.25) is 5.95 Å². The molecular formula is C22H30N6O2. The van der Waals surface area contributed by atoms with Crippen molar-refractivity contribution >= 4 is 17.0 Å². The summed E-state index contributed by atoms with van der Waals surface area (Å²) in [5, 5.41) is 3.46. The minimum Gasteiger partial charge on any atom is -0.342 e. The summed E-state index contributed by atoms with van der Waals surface area (Å²) in [6, 6.07) is 7.51. The van der Waals surface area contributed by atoms with Gasteiger partial charge < -0.3 is 10.2 Å². The van der Waals surface area contributed by atoms with Crippen LogP contribution in [-0.4, -0.2) is 32.2 Å². The lowest BCUT2D eigenvalue weighted by Gasteiger charge is -2.31. The van der Waals surface area contributed by atoms with Gasteiger partial charge in [-0.15, -0.1) is 0 Å². The summed E-state index contributed by atoms with van der Waals surface area (Å²) in [6.07, 6.45) is 2.23. The number of piperidine rings is 1. The zero-order valence-corrected chi connectivity index (χ0v) is 18.1. The smallest absolute Gasteiger partial charge is 0.328 e. The maximum Gasteiger partial charge on any atom is 0.328 e. The average molecular weight is 411 g/mol. The Labute approximate surface area is 175 Å². The van der Waals surface area contributed by atoms with Crippen molar-refractivity contribution in [3.05, 3.63) is 56.4 Å². The molecule has 1 atom stereocenters. The van der Waals surface area contributed by atoms with Gasteiger partial charge in [0.15, 0.2) is 0 Å². The third kappa shape index (κ3) is 3.92. The molecule has 0 bridgehead atoms. The van der Waals surface area contributed by atoms with Gasteiger partial charge in [0.25, 0.3) is 5.56 Å². The van der Waals surface area contributed by atoms with E-state index in [2.05, 4.69) is 22.1 Å². The van der Waals surface area contributed by atoms with E-state index in [1.54, 1.807) is 29.3 Å². The summed E-state index contributed by atoms with van der Waals surface area (Å²) in [7, 11) is 3.57. The molecule has 0 spiro atoms. The van der Waals surface area contributed by atoms with Gasteiger partial charge in [-0.3, -0.25) is 18.9 Å². The van der Waals surface area contributed by atoms with E-state index < -0.39 is 0 Å². The van der Waals surface area contributed by atoms with E-state index in [0.717, 1.165) is 54.1 Å². The second kappa shape index (κ2) is 8.10. The average Bonchev–Trinajstić information content (AvgIpc) is 2.96. The summed E-state index contributed by atoms with van der Waals surface area (Å²) >= 11 is 0. The number of imidazole rings is 1. The third-order valence-corrected chi connectivity index (χ3v) is 6.22. The van der Waals surface area contributed by atoms with Crippen LogP contribution in [0.15, 0.2) is 33.9 Å². The highest BCUT2D eigenvalue weighted by Crippen LogP contribution is 2.21. The highest BCUT2D eigenvalue weighted by atomic mass is 16.1. The zero-order chi connectivity index (χ0) is 21.4. The Hall–Kier alpha value is -2.87. The number of fused-ring (bicyclic) bond motifs is 1. The van der Waals surface area contributed by atoms with Crippen LogP contribution in [0, 0.1) is 5.92 Å². The molecule has 1 aromatic carbocycles. The normalized spacial score (nSPS) is 16.3. The molecule has 2 N–H and O–H groups in total. The summed E-state index contributed by atoms with van der Waals surface area (Å²) in [6.45, 7) is 6.74. The molecule has 160 valence electrons. The molecule has 1 aliphatic rings. The van der Waals surface area contributed by atoms with Crippen LogP contribution in [0.1, 0.15) is 44.0 Å². The second-order valence-corrected chi connectivity index (χ2v) is 8.49. The van der Waals surface area contributed by atoms with Crippen molar-refractivity contribution in [2.45, 2.75) is 39.3 Å². The Bertz CT molecular complexity index is 1170. The number of nitrogens with one attached hydrogen (secondary N) is 2. The Morgan fingerprint density at radius 3 is 2.57 bits per heavy atom. The lowest BCUT2D eigenvalue weighted by atomic mass is 10.00. The van der Waals surface area contributed by atoms with E-state index in [1.807, 2.05) is 25.1 Å². The fraction of sp³-hybridized carbons (Fsp3) is 0.500. The van der Waals surface area contributed by atoms with Crippen LogP contribution in [0.5, 0.6) is 0 Å². The fourth-order valence-corrected chi connectivity index (χ4v) is 4.09. The van der Waals surface area contributed by atoms with Crippen molar-refractivity contribution in [2.24, 2.45) is 20.0 Å². The molecule has 1 unspecified atom stereocenters. The van der Waals surface area contributed by atoms with Gasteiger partial charge in [-0.2, -0.15) is 0 Å².